The van der Waals surface area contributed by atoms with Crippen molar-refractivity contribution < 1.29 is 46.8 Å². The minimum atomic E-state index is -1.40. The van der Waals surface area contributed by atoms with E-state index in [1.54, 1.807) is 0 Å². The van der Waals surface area contributed by atoms with Crippen molar-refractivity contribution in [3.05, 3.63) is 131 Å². The predicted molar refractivity (Wildman–Crippen MR) is 209 cm³/mol. The van der Waals surface area contributed by atoms with E-state index in [-0.39, 0.29) is 28.3 Å². The van der Waals surface area contributed by atoms with Gasteiger partial charge in [-0.25, -0.2) is 31.7 Å². The Balaban J connectivity index is 0.000000360. The van der Waals surface area contributed by atoms with Crippen LogP contribution >= 0.6 is 0 Å². The summed E-state index contributed by atoms with van der Waals surface area (Å²) in [7, 11) is 0. The summed E-state index contributed by atoms with van der Waals surface area (Å²) in [5, 5.41) is 22.7. The Labute approximate surface area is 329 Å². The van der Waals surface area contributed by atoms with Gasteiger partial charge in [-0.3, -0.25) is 0 Å². The number of rotatable bonds is 14. The van der Waals surface area contributed by atoms with Gasteiger partial charge in [-0.05, 0) is 79.4 Å². The summed E-state index contributed by atoms with van der Waals surface area (Å²) < 4.78 is 0. The largest absolute Gasteiger partial charge is 2.00 e. The van der Waals surface area contributed by atoms with E-state index in [0.717, 1.165) is 47.9 Å². The molecular weight excluding hydrogens is 704 g/mol. The molecule has 0 bridgehead atoms. The van der Waals surface area contributed by atoms with Crippen LogP contribution in [0.25, 0.3) is 0 Å². The number of aliphatic hydroxyl groups is 2. The summed E-state index contributed by atoms with van der Waals surface area (Å²) in [4.78, 5) is 22.4. The Morgan fingerprint density at radius 1 is 0.491 bits per heavy atom. The molecule has 4 aromatic carbocycles. The zero-order valence-corrected chi connectivity index (χ0v) is 34.2. The van der Waals surface area contributed by atoms with Gasteiger partial charge in [0.05, 0.1) is 11.2 Å². The zero-order chi connectivity index (χ0) is 38.5. The van der Waals surface area contributed by atoms with Gasteiger partial charge >= 0.3 is 17.1 Å². The maximum atomic E-state index is 11.3. The van der Waals surface area contributed by atoms with E-state index in [1.807, 2.05) is 165 Å². The van der Waals surface area contributed by atoms with Gasteiger partial charge in [-0.1, -0.05) is 111 Å². The molecule has 0 aliphatic heterocycles. The molecule has 0 amide bonds. The minimum Gasteiger partial charge on any atom is -0.381 e. The van der Waals surface area contributed by atoms with Crippen LogP contribution in [0.4, 0.5) is 0 Å². The molecule has 6 nitrogen and oxygen atoms in total. The van der Waals surface area contributed by atoms with Crippen molar-refractivity contribution >= 4 is 0 Å². The van der Waals surface area contributed by atoms with Crippen molar-refractivity contribution in [1.82, 2.24) is 0 Å². The van der Waals surface area contributed by atoms with Crippen molar-refractivity contribution in [2.45, 2.75) is 129 Å². The molecule has 2 unspecified atom stereocenters. The molecule has 0 heterocycles. The van der Waals surface area contributed by atoms with Crippen molar-refractivity contribution in [1.29, 1.82) is 0 Å². The Morgan fingerprint density at radius 2 is 0.830 bits per heavy atom. The van der Waals surface area contributed by atoms with E-state index in [0.29, 0.717) is 0 Å². The monoisotopic (exact) mass is 762 g/mol. The first kappa shape index (κ1) is 45.7. The first-order chi connectivity index (χ1) is 24.4. The topological polar surface area (TPSA) is 77.4 Å². The Kier molecular flexibility index (Phi) is 17.0. The maximum Gasteiger partial charge on any atom is 2.00 e. The molecule has 0 spiro atoms. The zero-order valence-electron chi connectivity index (χ0n) is 33.1. The molecule has 0 aliphatic carbocycles. The van der Waals surface area contributed by atoms with Gasteiger partial charge in [0, 0.05) is 0 Å². The van der Waals surface area contributed by atoms with Gasteiger partial charge in [0.2, 0.25) is 0 Å². The third-order valence-electron chi connectivity index (χ3n) is 8.29. The molecule has 4 rings (SSSR count). The molecule has 2 N–H and O–H groups in total. The van der Waals surface area contributed by atoms with Crippen LogP contribution in [0.2, 0.25) is 0 Å². The molecular formula is C46H58FeO6. The second-order valence-corrected chi connectivity index (χ2v) is 15.4. The Hall–Kier alpha value is -3.46. The van der Waals surface area contributed by atoms with E-state index in [2.05, 4.69) is 37.5 Å². The maximum absolute atomic E-state index is 11.3. The number of hydrogen-bond acceptors (Lipinski definition) is 6. The second-order valence-electron chi connectivity index (χ2n) is 15.4. The molecule has 0 saturated heterocycles. The van der Waals surface area contributed by atoms with Crippen LogP contribution < -0.4 is 0 Å². The molecule has 2 atom stereocenters. The van der Waals surface area contributed by atoms with Crippen molar-refractivity contribution in [3.8, 4) is 23.7 Å². The molecule has 53 heavy (non-hydrogen) atoms. The van der Waals surface area contributed by atoms with E-state index in [1.165, 1.54) is 0 Å². The second kappa shape index (κ2) is 19.7. The molecule has 0 aromatic heterocycles. The molecule has 0 radical (unpaired) electrons. The van der Waals surface area contributed by atoms with Gasteiger partial charge in [0.15, 0.2) is 11.2 Å². The smallest absolute Gasteiger partial charge is 0.381 e. The first-order valence-corrected chi connectivity index (χ1v) is 18.2. The summed E-state index contributed by atoms with van der Waals surface area (Å²) in [6, 6.07) is 33.9. The van der Waals surface area contributed by atoms with Crippen LogP contribution in [0.3, 0.4) is 0 Å². The fourth-order valence-electron chi connectivity index (χ4n) is 5.46. The quantitative estimate of drug-likeness (QED) is 0.0438. The van der Waals surface area contributed by atoms with Gasteiger partial charge in [0.25, 0.3) is 0 Å². The van der Waals surface area contributed by atoms with Crippen molar-refractivity contribution in [2.24, 2.45) is 0 Å². The normalized spacial score (nSPS) is 14.1. The van der Waals surface area contributed by atoms with Crippen LogP contribution in [0, 0.1) is 23.7 Å². The summed E-state index contributed by atoms with van der Waals surface area (Å²) in [6.45, 7) is 19.5. The average molecular weight is 763 g/mol. The number of hydrogen-bond donors (Lipinski definition) is 2. The van der Waals surface area contributed by atoms with Crippen molar-refractivity contribution in [3.63, 3.8) is 0 Å². The summed E-state index contributed by atoms with van der Waals surface area (Å²) >= 11 is 0. The van der Waals surface area contributed by atoms with Crippen LogP contribution in [0.15, 0.2) is 109 Å². The van der Waals surface area contributed by atoms with E-state index in [9.17, 15) is 10.2 Å². The van der Waals surface area contributed by atoms with Crippen LogP contribution in [0.1, 0.15) is 117 Å². The number of benzene rings is 2. The summed E-state index contributed by atoms with van der Waals surface area (Å²) in [5.74, 6) is 12.2. The SMILES string of the molecule is CCCC(C)(C)OOC(C)(C)C#CC(O)(c1ccccc1)c1cc[cH-]c1.CCCC(C)(C)OOC(C)(C)C#CC(O)(c1ccccc1)c1cc[cH-]c1.[Fe+2]. The third-order valence-corrected chi connectivity index (χ3v) is 8.29. The van der Waals surface area contributed by atoms with E-state index < -0.39 is 22.4 Å². The van der Waals surface area contributed by atoms with Crippen LogP contribution in [-0.4, -0.2) is 32.6 Å². The first-order valence-electron chi connectivity index (χ1n) is 18.2. The van der Waals surface area contributed by atoms with E-state index >= 15 is 0 Å². The Bertz CT molecular complexity index is 1600. The molecule has 4 aromatic rings. The summed E-state index contributed by atoms with van der Waals surface area (Å²) in [6.07, 6.45) is 3.79. The molecule has 286 valence electrons. The molecule has 0 aliphatic rings. The van der Waals surface area contributed by atoms with Crippen molar-refractivity contribution in [2.75, 3.05) is 0 Å². The van der Waals surface area contributed by atoms with Crippen LogP contribution in [-0.2, 0) is 47.8 Å². The summed E-state index contributed by atoms with van der Waals surface area (Å²) in [5.41, 5.74) is -2.36. The van der Waals surface area contributed by atoms with Gasteiger partial charge in [-0.15, -0.1) is 0 Å². The Morgan fingerprint density at radius 3 is 1.11 bits per heavy atom. The van der Waals surface area contributed by atoms with Gasteiger partial charge < -0.3 is 10.2 Å². The predicted octanol–water partition coefficient (Wildman–Crippen LogP) is 9.90. The van der Waals surface area contributed by atoms with Gasteiger partial charge in [-0.2, -0.15) is 47.5 Å². The van der Waals surface area contributed by atoms with Gasteiger partial charge in [0.1, 0.15) is 11.2 Å². The molecule has 0 fully saturated rings. The molecule has 7 heteroatoms. The van der Waals surface area contributed by atoms with Crippen LogP contribution in [0.5, 0.6) is 0 Å². The fourth-order valence-corrected chi connectivity index (χ4v) is 5.46. The average Bonchev–Trinajstić information content (AvgIpc) is 3.86. The molecule has 0 saturated carbocycles. The fraction of sp³-hybridized carbons (Fsp3) is 0.435. The standard InChI is InChI=1S/2C23H29O3.Fe/c2*1-6-16-21(2,3)25-26-22(4,5)17-18-23(24,20-14-10-11-15-20)19-12-8-7-9-13-19;/h2*7-15,24H,6,16H2,1-5H3;/q2*-1;+2. The minimum absolute atomic E-state index is 0. The van der Waals surface area contributed by atoms with E-state index in [4.69, 9.17) is 19.6 Å². The third kappa shape index (κ3) is 14.0.